The first-order valence-electron chi connectivity index (χ1n) is 10.1. The Morgan fingerprint density at radius 1 is 0.613 bits per heavy atom. The molecular weight excluding hydrogens is 446 g/mol. The zero-order chi connectivity index (χ0) is 20.8. The summed E-state index contributed by atoms with van der Waals surface area (Å²) in [5, 5.41) is 3.30. The fraction of sp³-hybridized carbons (Fsp3) is 0. The largest absolute Gasteiger partial charge is 0.254 e. The zero-order valence-electron chi connectivity index (χ0n) is 16.5. The van der Waals surface area contributed by atoms with Crippen molar-refractivity contribution in [1.82, 2.24) is 15.0 Å². The highest BCUT2D eigenvalue weighted by Gasteiger charge is 2.11. The number of fused-ring (bicyclic) bond motifs is 4. The number of rotatable bonds is 2. The Hall–Kier alpha value is -3.63. The summed E-state index contributed by atoms with van der Waals surface area (Å²) in [5.74, 6) is 0. The molecule has 0 aliphatic carbocycles. The van der Waals surface area contributed by atoms with Gasteiger partial charge in [-0.05, 0) is 59.7 Å². The van der Waals surface area contributed by atoms with Crippen LogP contribution in [0, 0.1) is 0 Å². The van der Waals surface area contributed by atoms with Gasteiger partial charge in [-0.25, -0.2) is 4.98 Å². The van der Waals surface area contributed by atoms with Gasteiger partial charge in [0.25, 0.3) is 0 Å². The Morgan fingerprint density at radius 3 is 2.39 bits per heavy atom. The fourth-order valence-corrected chi connectivity index (χ4v) is 4.50. The van der Waals surface area contributed by atoms with E-state index in [1.54, 1.807) is 0 Å². The lowest BCUT2D eigenvalue weighted by Gasteiger charge is -2.11. The molecule has 6 rings (SSSR count). The van der Waals surface area contributed by atoms with Gasteiger partial charge in [-0.3, -0.25) is 9.97 Å². The van der Waals surface area contributed by atoms with Crippen molar-refractivity contribution in [2.75, 3.05) is 0 Å². The van der Waals surface area contributed by atoms with E-state index in [2.05, 4.69) is 86.6 Å². The molecule has 0 radical (unpaired) electrons. The number of benzene rings is 3. The Labute approximate surface area is 187 Å². The minimum absolute atomic E-state index is 0.926. The van der Waals surface area contributed by atoms with E-state index in [0.29, 0.717) is 0 Å². The molecule has 0 N–H and O–H groups in total. The molecule has 0 unspecified atom stereocenters. The number of nitrogens with zero attached hydrogens (tertiary/aromatic N) is 3. The van der Waals surface area contributed by atoms with Crippen molar-refractivity contribution in [3.63, 3.8) is 0 Å². The van der Waals surface area contributed by atoms with E-state index in [4.69, 9.17) is 4.98 Å². The second-order valence-electron chi connectivity index (χ2n) is 7.51. The highest BCUT2D eigenvalue weighted by molar-refractivity contribution is 9.10. The molecule has 0 amide bonds. The standard InChI is InChI=1S/C27H16BrN3/c28-21-9-11-25-19(15-21)8-10-24(31-25)18-5-1-4-17(14-18)23-16-20-6-2-12-29-26(20)27-22(23)7-3-13-30-27/h1-16H. The third-order valence-electron chi connectivity index (χ3n) is 5.58. The van der Waals surface area contributed by atoms with E-state index in [-0.39, 0.29) is 0 Å². The first-order valence-corrected chi connectivity index (χ1v) is 10.9. The Bertz CT molecular complexity index is 1610. The van der Waals surface area contributed by atoms with Gasteiger partial charge in [-0.2, -0.15) is 0 Å². The Morgan fingerprint density at radius 2 is 1.45 bits per heavy atom. The minimum Gasteiger partial charge on any atom is -0.254 e. The topological polar surface area (TPSA) is 38.7 Å². The van der Waals surface area contributed by atoms with Crippen molar-refractivity contribution in [2.45, 2.75) is 0 Å². The van der Waals surface area contributed by atoms with Gasteiger partial charge in [-0.1, -0.05) is 52.3 Å². The molecule has 0 atom stereocenters. The Balaban J connectivity index is 1.55. The van der Waals surface area contributed by atoms with Crippen molar-refractivity contribution in [3.05, 3.63) is 102 Å². The summed E-state index contributed by atoms with van der Waals surface area (Å²) in [6.45, 7) is 0. The van der Waals surface area contributed by atoms with Crippen LogP contribution in [0.5, 0.6) is 0 Å². The molecule has 146 valence electrons. The summed E-state index contributed by atoms with van der Waals surface area (Å²) in [6.07, 6.45) is 3.65. The lowest BCUT2D eigenvalue weighted by atomic mass is 9.96. The first kappa shape index (κ1) is 18.2. The molecule has 3 heterocycles. The zero-order valence-corrected chi connectivity index (χ0v) is 18.0. The molecule has 0 fully saturated rings. The molecule has 0 aliphatic heterocycles. The maximum absolute atomic E-state index is 4.89. The number of pyridine rings is 3. The second kappa shape index (κ2) is 7.25. The van der Waals surface area contributed by atoms with Crippen LogP contribution >= 0.6 is 15.9 Å². The molecule has 3 aromatic carbocycles. The van der Waals surface area contributed by atoms with Crippen LogP contribution in [0.4, 0.5) is 0 Å². The number of aromatic nitrogens is 3. The molecule has 0 spiro atoms. The van der Waals surface area contributed by atoms with Crippen LogP contribution in [0.25, 0.3) is 55.1 Å². The molecule has 0 aliphatic rings. The highest BCUT2D eigenvalue weighted by atomic mass is 79.9. The van der Waals surface area contributed by atoms with Gasteiger partial charge < -0.3 is 0 Å². The summed E-state index contributed by atoms with van der Waals surface area (Å²) in [5.41, 5.74) is 7.18. The van der Waals surface area contributed by atoms with Crippen LogP contribution in [0.2, 0.25) is 0 Å². The maximum Gasteiger partial charge on any atom is 0.0970 e. The third-order valence-corrected chi connectivity index (χ3v) is 6.07. The highest BCUT2D eigenvalue weighted by Crippen LogP contribution is 2.34. The van der Waals surface area contributed by atoms with E-state index in [1.807, 2.05) is 36.7 Å². The van der Waals surface area contributed by atoms with E-state index in [0.717, 1.165) is 59.6 Å². The summed E-state index contributed by atoms with van der Waals surface area (Å²) < 4.78 is 1.06. The van der Waals surface area contributed by atoms with Crippen LogP contribution in [-0.2, 0) is 0 Å². The van der Waals surface area contributed by atoms with Gasteiger partial charge in [0, 0.05) is 38.6 Å². The van der Waals surface area contributed by atoms with Crippen molar-refractivity contribution >= 4 is 48.6 Å². The van der Waals surface area contributed by atoms with Gasteiger partial charge in [0.2, 0.25) is 0 Å². The summed E-state index contributed by atoms with van der Waals surface area (Å²) >= 11 is 3.53. The normalized spacial score (nSPS) is 11.4. The average Bonchev–Trinajstić information content (AvgIpc) is 2.83. The van der Waals surface area contributed by atoms with Gasteiger partial charge >= 0.3 is 0 Å². The monoisotopic (exact) mass is 461 g/mol. The second-order valence-corrected chi connectivity index (χ2v) is 8.43. The van der Waals surface area contributed by atoms with Crippen LogP contribution in [0.3, 0.4) is 0 Å². The van der Waals surface area contributed by atoms with Gasteiger partial charge in [0.05, 0.1) is 22.2 Å². The molecule has 0 saturated carbocycles. The Kier molecular flexibility index (Phi) is 4.25. The van der Waals surface area contributed by atoms with E-state index >= 15 is 0 Å². The van der Waals surface area contributed by atoms with Crippen molar-refractivity contribution in [1.29, 1.82) is 0 Å². The average molecular weight is 462 g/mol. The van der Waals surface area contributed by atoms with E-state index in [1.165, 1.54) is 0 Å². The number of hydrogen-bond acceptors (Lipinski definition) is 3. The van der Waals surface area contributed by atoms with Crippen LogP contribution in [-0.4, -0.2) is 15.0 Å². The molecule has 3 aromatic heterocycles. The maximum atomic E-state index is 4.89. The molecule has 31 heavy (non-hydrogen) atoms. The smallest absolute Gasteiger partial charge is 0.0970 e. The van der Waals surface area contributed by atoms with E-state index < -0.39 is 0 Å². The third kappa shape index (κ3) is 3.16. The SMILES string of the molecule is Brc1ccc2nc(-c3cccc(-c4cc5cccnc5c5ncccc45)c3)ccc2c1. The predicted molar refractivity (Wildman–Crippen MR) is 131 cm³/mol. The number of halogens is 1. The van der Waals surface area contributed by atoms with Gasteiger partial charge in [-0.15, -0.1) is 0 Å². The fourth-order valence-electron chi connectivity index (χ4n) is 4.12. The van der Waals surface area contributed by atoms with Crippen molar-refractivity contribution in [2.24, 2.45) is 0 Å². The van der Waals surface area contributed by atoms with Crippen LogP contribution in [0.1, 0.15) is 0 Å². The lowest BCUT2D eigenvalue weighted by molar-refractivity contribution is 1.37. The first-order chi connectivity index (χ1) is 15.3. The summed E-state index contributed by atoms with van der Waals surface area (Å²) in [4.78, 5) is 14.1. The molecule has 4 heteroatoms. The predicted octanol–water partition coefficient (Wildman–Crippen LogP) is 7.43. The molecule has 0 saturated heterocycles. The molecule has 0 bridgehead atoms. The molecule has 3 nitrogen and oxygen atoms in total. The minimum atomic E-state index is 0.926. The van der Waals surface area contributed by atoms with E-state index in [9.17, 15) is 0 Å². The van der Waals surface area contributed by atoms with Gasteiger partial charge in [0.15, 0.2) is 0 Å². The van der Waals surface area contributed by atoms with Gasteiger partial charge in [0.1, 0.15) is 0 Å². The van der Waals surface area contributed by atoms with Crippen molar-refractivity contribution < 1.29 is 0 Å². The van der Waals surface area contributed by atoms with Crippen LogP contribution < -0.4 is 0 Å². The van der Waals surface area contributed by atoms with Crippen LogP contribution in [0.15, 0.2) is 102 Å². The molecule has 6 aromatic rings. The number of hydrogen-bond donors (Lipinski definition) is 0. The molecular formula is C27H16BrN3. The quantitative estimate of drug-likeness (QED) is 0.251. The lowest BCUT2D eigenvalue weighted by Crippen LogP contribution is -1.90. The summed E-state index contributed by atoms with van der Waals surface area (Å²) in [6, 6.07) is 29.3. The van der Waals surface area contributed by atoms with Crippen molar-refractivity contribution in [3.8, 4) is 22.4 Å². The summed E-state index contributed by atoms with van der Waals surface area (Å²) in [7, 11) is 0.